The van der Waals surface area contributed by atoms with E-state index >= 15 is 0 Å². The zero-order valence-corrected chi connectivity index (χ0v) is 9.59. The minimum absolute atomic E-state index is 0. The first-order valence-electron chi connectivity index (χ1n) is 0.698. The topological polar surface area (TPSA) is 180 Å². The van der Waals surface area contributed by atoms with E-state index in [1.54, 1.807) is 0 Å². The normalized spacial score (nSPS) is 6.44. The van der Waals surface area contributed by atoms with Gasteiger partial charge in [-0.1, -0.05) is 0 Å². The Hall–Kier alpha value is 0.777. The average Bonchev–Trinajstić information content (AvgIpc) is 0.722. The number of hydrogen-bond donors (Lipinski definition) is 5. The van der Waals surface area contributed by atoms with Crippen LogP contribution in [-0.4, -0.2) is 7.52 Å². The molecule has 0 bridgehead atoms. The van der Waals surface area contributed by atoms with E-state index in [0.717, 1.165) is 0 Å². The fourth-order valence-corrected chi connectivity index (χ4v) is 0. The Labute approximate surface area is 70.6 Å². The van der Waals surface area contributed by atoms with Crippen molar-refractivity contribution in [3.63, 3.8) is 0 Å². The maximum Gasteiger partial charge on any atom is 0 e. The van der Waals surface area contributed by atoms with Crippen LogP contribution in [0.5, 0.6) is 0 Å². The Morgan fingerprint density at radius 3 is 0.889 bits per heavy atom. The van der Waals surface area contributed by atoms with E-state index in [9.17, 15) is 0 Å². The predicted molar refractivity (Wildman–Crippen MR) is 20.9 cm³/mol. The smallest absolute Gasteiger partial charge is 0 e. The Balaban J connectivity index is -0.0000000133. The van der Waals surface area contributed by atoms with Gasteiger partial charge in [-0.2, -0.15) is 0 Å². The Morgan fingerprint density at radius 1 is 0.889 bits per heavy atom. The second-order valence-corrected chi connectivity index (χ2v) is 2.65. The minimum Gasteiger partial charge on any atom is 0 e. The van der Waals surface area contributed by atoms with E-state index in [2.05, 4.69) is 0 Å². The fraction of sp³-hybridized carbons (Fsp3) is 0. The summed E-state index contributed by atoms with van der Waals surface area (Å²) in [5.74, 6) is 0. The van der Waals surface area contributed by atoms with Gasteiger partial charge in [0.1, 0.15) is 0 Å². The van der Waals surface area contributed by atoms with E-state index in [1.165, 1.54) is 0 Å². The molecular formula is H11MoN3O4W. The van der Waals surface area contributed by atoms with Crippen molar-refractivity contribution in [1.82, 2.24) is 18.5 Å². The van der Waals surface area contributed by atoms with Crippen molar-refractivity contribution in [3.8, 4) is 0 Å². The molecule has 0 aliphatic carbocycles. The van der Waals surface area contributed by atoms with Crippen molar-refractivity contribution in [2.45, 2.75) is 0 Å². The van der Waals surface area contributed by atoms with Crippen molar-refractivity contribution in [3.05, 3.63) is 0 Å². The van der Waals surface area contributed by atoms with Gasteiger partial charge in [-0.05, 0) is 0 Å². The molecule has 0 aromatic rings. The van der Waals surface area contributed by atoms with Crippen LogP contribution in [0.3, 0.4) is 0 Å². The van der Waals surface area contributed by atoms with Crippen molar-refractivity contribution in [2.24, 2.45) is 0 Å². The standard InChI is InChI=1S/Mo.3H3N.2H2O.2O.W/h;3*1H3;2*1H2;;;/q+2;;;;;;;;/p-2. The quantitative estimate of drug-likeness (QED) is 0.330. The SMILES string of the molecule is N.N.N.[O]=[Mo](=[O])([OH])[OH].[W]. The molecule has 9 heteroatoms. The number of rotatable bonds is 0. The summed E-state index contributed by atoms with van der Waals surface area (Å²) >= 11 is -5.52. The molecule has 9 heavy (non-hydrogen) atoms. The van der Waals surface area contributed by atoms with Crippen LogP contribution in [0.1, 0.15) is 0 Å². The molecular weight excluding hydrogens is 386 g/mol. The van der Waals surface area contributed by atoms with Crippen LogP contribution in [0.4, 0.5) is 0 Å². The van der Waals surface area contributed by atoms with Crippen molar-refractivity contribution in [2.75, 3.05) is 0 Å². The van der Waals surface area contributed by atoms with Gasteiger partial charge in [0.2, 0.25) is 0 Å². The van der Waals surface area contributed by atoms with Crippen molar-refractivity contribution < 1.29 is 52.1 Å². The maximum atomic E-state index is 8.85. The van der Waals surface area contributed by atoms with Crippen LogP contribution in [0.25, 0.3) is 0 Å². The molecule has 7 nitrogen and oxygen atoms in total. The van der Waals surface area contributed by atoms with Gasteiger partial charge in [-0.3, -0.25) is 0 Å². The molecule has 0 amide bonds. The summed E-state index contributed by atoms with van der Waals surface area (Å²) in [4.78, 5) is 0. The molecule has 0 aliphatic heterocycles. The molecule has 0 unspecified atom stereocenters. The summed E-state index contributed by atoms with van der Waals surface area (Å²) < 4.78 is 32.0. The summed E-state index contributed by atoms with van der Waals surface area (Å²) in [6.07, 6.45) is 0. The third kappa shape index (κ3) is 668. The first kappa shape index (κ1) is 33.0. The first-order valence-corrected chi connectivity index (χ1v) is 4.13. The predicted octanol–water partition coefficient (Wildman–Crippen LogP) is -0.871. The van der Waals surface area contributed by atoms with Crippen LogP contribution >= 0.6 is 0 Å². The van der Waals surface area contributed by atoms with Gasteiger partial charge in [0.15, 0.2) is 0 Å². The van der Waals surface area contributed by atoms with Crippen LogP contribution < -0.4 is 18.5 Å². The molecule has 0 heterocycles. The Kier molecular flexibility index (Phi) is 42.4. The van der Waals surface area contributed by atoms with Crippen molar-refractivity contribution >= 4 is 0 Å². The van der Waals surface area contributed by atoms with Crippen LogP contribution in [0.2, 0.25) is 0 Å². The van der Waals surface area contributed by atoms with E-state index in [-0.39, 0.29) is 39.5 Å². The van der Waals surface area contributed by atoms with E-state index in [1.807, 2.05) is 0 Å². The molecule has 0 aromatic carbocycles. The molecule has 0 rings (SSSR count). The molecule has 0 atom stereocenters. The summed E-state index contributed by atoms with van der Waals surface area (Å²) in [5, 5.41) is 0. The van der Waals surface area contributed by atoms with Gasteiger partial charge >= 0.3 is 31.1 Å². The molecule has 11 N–H and O–H groups in total. The molecule has 0 saturated heterocycles. The van der Waals surface area contributed by atoms with Gasteiger partial charge in [0.25, 0.3) is 0 Å². The van der Waals surface area contributed by atoms with Crippen LogP contribution in [0.15, 0.2) is 0 Å². The third-order valence-corrected chi connectivity index (χ3v) is 0. The Bertz CT molecular complexity index is 99.0. The van der Waals surface area contributed by atoms with Gasteiger partial charge in [-0.15, -0.1) is 0 Å². The minimum atomic E-state index is -5.52. The summed E-state index contributed by atoms with van der Waals surface area (Å²) in [6.45, 7) is 0. The molecule has 0 aliphatic rings. The van der Waals surface area contributed by atoms with Crippen LogP contribution in [-0.2, 0) is 44.6 Å². The number of hydrogen-bond acceptors (Lipinski definition) is 5. The van der Waals surface area contributed by atoms with Gasteiger partial charge in [0.05, 0.1) is 0 Å². The van der Waals surface area contributed by atoms with Crippen LogP contribution in [0, 0.1) is 0 Å². The van der Waals surface area contributed by atoms with Crippen molar-refractivity contribution in [1.29, 1.82) is 0 Å². The van der Waals surface area contributed by atoms with Gasteiger partial charge in [0, 0.05) is 21.1 Å². The summed E-state index contributed by atoms with van der Waals surface area (Å²) in [6, 6.07) is 0. The monoisotopic (exact) mass is 399 g/mol. The molecule has 62 valence electrons. The largest absolute Gasteiger partial charge is 0 e. The van der Waals surface area contributed by atoms with E-state index in [4.69, 9.17) is 14.3 Å². The molecule has 0 spiro atoms. The van der Waals surface area contributed by atoms with E-state index in [0.29, 0.717) is 0 Å². The zero-order chi connectivity index (χ0) is 4.50. The second kappa shape index (κ2) is 11.6. The summed E-state index contributed by atoms with van der Waals surface area (Å²) in [7, 11) is 0. The second-order valence-electron chi connectivity index (χ2n) is 0.448. The molecule has 0 fully saturated rings. The molecule has 0 radical (unpaired) electrons. The molecule has 0 saturated carbocycles. The fourth-order valence-electron chi connectivity index (χ4n) is 0. The summed E-state index contributed by atoms with van der Waals surface area (Å²) in [5.41, 5.74) is 0. The molecule has 0 aromatic heterocycles. The third-order valence-electron chi connectivity index (χ3n) is 0. The van der Waals surface area contributed by atoms with Gasteiger partial charge in [-0.25, -0.2) is 0 Å². The van der Waals surface area contributed by atoms with Gasteiger partial charge < -0.3 is 18.5 Å². The first-order chi connectivity index (χ1) is 2.00. The zero-order valence-electron chi connectivity index (χ0n) is 4.65. The maximum absolute atomic E-state index is 8.85. The Morgan fingerprint density at radius 2 is 0.889 bits per heavy atom. The van der Waals surface area contributed by atoms with E-state index < -0.39 is 16.7 Å². The average molecular weight is 397 g/mol.